The Balaban J connectivity index is 2.25. The van der Waals surface area contributed by atoms with Gasteiger partial charge in [0, 0.05) is 10.5 Å². The lowest BCUT2D eigenvalue weighted by Gasteiger charge is -2.24. The third-order valence-electron chi connectivity index (χ3n) is 3.80. The lowest BCUT2D eigenvalue weighted by molar-refractivity contribution is -0.142. The van der Waals surface area contributed by atoms with Crippen LogP contribution in [0.2, 0.25) is 0 Å². The van der Waals surface area contributed by atoms with Crippen molar-refractivity contribution < 1.29 is 9.90 Å². The van der Waals surface area contributed by atoms with Gasteiger partial charge in [0.2, 0.25) is 0 Å². The van der Waals surface area contributed by atoms with Gasteiger partial charge in [-0.15, -0.1) is 0 Å². The summed E-state index contributed by atoms with van der Waals surface area (Å²) in [7, 11) is 0. The molecule has 1 aliphatic carbocycles. The number of hydrogen-bond acceptors (Lipinski definition) is 3. The Labute approximate surface area is 126 Å². The van der Waals surface area contributed by atoms with Crippen LogP contribution in [0.15, 0.2) is 22.7 Å². The first kappa shape index (κ1) is 14.9. The number of hydrogen-bond donors (Lipinski definition) is 2. The monoisotopic (exact) mass is 336 g/mol. The molecule has 2 atom stereocenters. The van der Waals surface area contributed by atoms with Crippen molar-refractivity contribution in [1.29, 1.82) is 5.26 Å². The minimum absolute atomic E-state index is 0.114. The SMILES string of the molecule is N#Cc1c(Br)cccc1NC1CCCCCC1C(=O)O. The number of nitrogens with zero attached hydrogens (tertiary/aromatic N) is 1. The van der Waals surface area contributed by atoms with Crippen molar-refractivity contribution >= 4 is 27.6 Å². The summed E-state index contributed by atoms with van der Waals surface area (Å²) in [6.45, 7) is 0. The molecule has 1 aromatic rings. The zero-order valence-corrected chi connectivity index (χ0v) is 12.7. The van der Waals surface area contributed by atoms with Crippen molar-refractivity contribution in [3.8, 4) is 6.07 Å². The lowest BCUT2D eigenvalue weighted by Crippen LogP contribution is -2.34. The molecule has 2 unspecified atom stereocenters. The summed E-state index contributed by atoms with van der Waals surface area (Å²) in [4.78, 5) is 11.4. The molecule has 2 rings (SSSR count). The van der Waals surface area contributed by atoms with Crippen molar-refractivity contribution in [3.63, 3.8) is 0 Å². The van der Waals surface area contributed by atoms with Crippen molar-refractivity contribution in [2.24, 2.45) is 5.92 Å². The second-order valence-corrected chi connectivity index (χ2v) is 5.96. The molecular weight excluding hydrogens is 320 g/mol. The van der Waals surface area contributed by atoms with E-state index in [0.717, 1.165) is 30.2 Å². The molecule has 20 heavy (non-hydrogen) atoms. The van der Waals surface area contributed by atoms with Gasteiger partial charge < -0.3 is 10.4 Å². The second-order valence-electron chi connectivity index (χ2n) is 5.11. The van der Waals surface area contributed by atoms with Gasteiger partial charge in [-0.25, -0.2) is 0 Å². The van der Waals surface area contributed by atoms with E-state index in [4.69, 9.17) is 0 Å². The number of carboxylic acids is 1. The number of benzene rings is 1. The summed E-state index contributed by atoms with van der Waals surface area (Å²) in [6, 6.07) is 7.53. The average Bonchev–Trinajstić information content (AvgIpc) is 2.64. The maximum Gasteiger partial charge on any atom is 0.308 e. The Morgan fingerprint density at radius 3 is 2.80 bits per heavy atom. The summed E-state index contributed by atoms with van der Waals surface area (Å²) in [5.41, 5.74) is 1.24. The van der Waals surface area contributed by atoms with Crippen LogP contribution in [0.25, 0.3) is 0 Å². The van der Waals surface area contributed by atoms with Gasteiger partial charge in [0.15, 0.2) is 0 Å². The highest BCUT2D eigenvalue weighted by Crippen LogP contribution is 2.30. The molecule has 0 aliphatic heterocycles. The Kier molecular flexibility index (Phi) is 5.02. The van der Waals surface area contributed by atoms with Crippen molar-refractivity contribution in [3.05, 3.63) is 28.2 Å². The van der Waals surface area contributed by atoms with E-state index in [-0.39, 0.29) is 12.0 Å². The van der Waals surface area contributed by atoms with Crippen LogP contribution in [0.3, 0.4) is 0 Å². The molecule has 0 amide bonds. The predicted octanol–water partition coefficient (Wildman–Crippen LogP) is 3.77. The van der Waals surface area contributed by atoms with E-state index in [1.165, 1.54) is 0 Å². The van der Waals surface area contributed by atoms with E-state index in [1.807, 2.05) is 18.2 Å². The second kappa shape index (κ2) is 6.76. The number of nitriles is 1. The summed E-state index contributed by atoms with van der Waals surface area (Å²) < 4.78 is 0.727. The largest absolute Gasteiger partial charge is 0.481 e. The van der Waals surface area contributed by atoms with Crippen LogP contribution in [-0.4, -0.2) is 17.1 Å². The Bertz CT molecular complexity index is 539. The molecule has 4 nitrogen and oxygen atoms in total. The van der Waals surface area contributed by atoms with Crippen LogP contribution >= 0.6 is 15.9 Å². The third-order valence-corrected chi connectivity index (χ3v) is 4.46. The summed E-state index contributed by atoms with van der Waals surface area (Å²) >= 11 is 3.35. The number of aliphatic carboxylic acids is 1. The van der Waals surface area contributed by atoms with Gasteiger partial charge in [0.05, 0.1) is 17.2 Å². The number of carbonyl (C=O) groups is 1. The summed E-state index contributed by atoms with van der Waals surface area (Å²) in [6.07, 6.45) is 4.58. The standard InChI is InChI=1S/C15H17BrN2O2/c16-12-6-4-8-14(11(12)9-17)18-13-7-3-1-2-5-10(13)15(19)20/h4,6,8,10,13,18H,1-3,5,7H2,(H,19,20). The fourth-order valence-electron chi connectivity index (χ4n) is 2.73. The molecule has 0 spiro atoms. The Morgan fingerprint density at radius 1 is 1.35 bits per heavy atom. The molecule has 1 aromatic carbocycles. The van der Waals surface area contributed by atoms with Crippen LogP contribution in [0, 0.1) is 17.2 Å². The maximum absolute atomic E-state index is 11.4. The van der Waals surface area contributed by atoms with E-state index in [2.05, 4.69) is 27.3 Å². The van der Waals surface area contributed by atoms with Gasteiger partial charge in [0.1, 0.15) is 6.07 Å². The molecule has 0 radical (unpaired) electrons. The fraction of sp³-hybridized carbons (Fsp3) is 0.467. The number of nitrogens with one attached hydrogen (secondary N) is 1. The van der Waals surface area contributed by atoms with Gasteiger partial charge in [-0.2, -0.15) is 5.26 Å². The van der Waals surface area contributed by atoms with E-state index < -0.39 is 5.97 Å². The number of halogens is 1. The fourth-order valence-corrected chi connectivity index (χ4v) is 3.19. The quantitative estimate of drug-likeness (QED) is 0.824. The molecule has 1 aliphatic rings. The van der Waals surface area contributed by atoms with Crippen molar-refractivity contribution in [2.45, 2.75) is 38.1 Å². The smallest absolute Gasteiger partial charge is 0.308 e. The molecule has 2 N–H and O–H groups in total. The zero-order valence-electron chi connectivity index (χ0n) is 11.1. The van der Waals surface area contributed by atoms with Gasteiger partial charge in [-0.05, 0) is 40.9 Å². The van der Waals surface area contributed by atoms with Crippen LogP contribution in [0.5, 0.6) is 0 Å². The zero-order chi connectivity index (χ0) is 14.5. The summed E-state index contributed by atoms with van der Waals surface area (Å²) in [5.74, 6) is -1.14. The molecule has 0 saturated heterocycles. The molecule has 0 bridgehead atoms. The van der Waals surface area contributed by atoms with E-state index in [0.29, 0.717) is 17.7 Å². The number of rotatable bonds is 3. The van der Waals surface area contributed by atoms with Crippen molar-refractivity contribution in [1.82, 2.24) is 0 Å². The van der Waals surface area contributed by atoms with Gasteiger partial charge in [-0.3, -0.25) is 4.79 Å². The third kappa shape index (κ3) is 3.31. The average molecular weight is 337 g/mol. The highest BCUT2D eigenvalue weighted by atomic mass is 79.9. The molecular formula is C15H17BrN2O2. The first-order valence-electron chi connectivity index (χ1n) is 6.81. The van der Waals surface area contributed by atoms with E-state index >= 15 is 0 Å². The lowest BCUT2D eigenvalue weighted by atomic mass is 9.94. The first-order valence-corrected chi connectivity index (χ1v) is 7.60. The number of carboxylic acid groups (broad SMARTS) is 1. The maximum atomic E-state index is 11.4. The molecule has 1 fully saturated rings. The van der Waals surface area contributed by atoms with Crippen LogP contribution in [0.4, 0.5) is 5.69 Å². The van der Waals surface area contributed by atoms with Crippen molar-refractivity contribution in [2.75, 3.05) is 5.32 Å². The summed E-state index contributed by atoms with van der Waals surface area (Å²) in [5, 5.41) is 21.9. The van der Waals surface area contributed by atoms with Crippen LogP contribution in [0.1, 0.15) is 37.7 Å². The first-order chi connectivity index (χ1) is 9.63. The minimum Gasteiger partial charge on any atom is -0.481 e. The highest BCUT2D eigenvalue weighted by Gasteiger charge is 2.29. The van der Waals surface area contributed by atoms with E-state index in [1.54, 1.807) is 0 Å². The number of anilines is 1. The molecule has 0 heterocycles. The normalized spacial score (nSPS) is 22.6. The predicted molar refractivity (Wildman–Crippen MR) is 80.5 cm³/mol. The highest BCUT2D eigenvalue weighted by molar-refractivity contribution is 9.10. The topological polar surface area (TPSA) is 73.1 Å². The Morgan fingerprint density at radius 2 is 2.10 bits per heavy atom. The van der Waals surface area contributed by atoms with Crippen LogP contribution < -0.4 is 5.32 Å². The molecule has 5 heteroatoms. The van der Waals surface area contributed by atoms with Crippen LogP contribution in [-0.2, 0) is 4.79 Å². The molecule has 0 aromatic heterocycles. The van der Waals surface area contributed by atoms with Gasteiger partial charge in [-0.1, -0.05) is 25.3 Å². The Hall–Kier alpha value is -1.54. The van der Waals surface area contributed by atoms with Gasteiger partial charge in [0.25, 0.3) is 0 Å². The van der Waals surface area contributed by atoms with E-state index in [9.17, 15) is 15.2 Å². The molecule has 1 saturated carbocycles. The van der Waals surface area contributed by atoms with Gasteiger partial charge >= 0.3 is 5.97 Å². The molecule has 106 valence electrons. The minimum atomic E-state index is -0.752.